The molecule has 4 rings (SSSR count). The number of nitrogens with one attached hydrogen (secondary N) is 1. The van der Waals surface area contributed by atoms with Crippen LogP contribution in [0.5, 0.6) is 0 Å². The van der Waals surface area contributed by atoms with Gasteiger partial charge >= 0.3 is 0 Å². The van der Waals surface area contributed by atoms with Crippen LogP contribution in [0.3, 0.4) is 0 Å². The number of fused-ring (bicyclic) bond motifs is 1. The molecule has 1 N–H and O–H groups in total. The van der Waals surface area contributed by atoms with E-state index in [9.17, 15) is 8.78 Å². The van der Waals surface area contributed by atoms with Gasteiger partial charge in [0.15, 0.2) is 16.8 Å². The molecule has 2 heterocycles. The second-order valence-electron chi connectivity index (χ2n) is 5.90. The first-order valence-corrected chi connectivity index (χ1v) is 8.79. The molecule has 0 fully saturated rings. The summed E-state index contributed by atoms with van der Waals surface area (Å²) in [5.74, 6) is -0.941. The Morgan fingerprint density at radius 2 is 1.81 bits per heavy atom. The van der Waals surface area contributed by atoms with E-state index in [0.717, 1.165) is 23.3 Å². The maximum Gasteiger partial charge on any atom is 0.247 e. The maximum absolute atomic E-state index is 13.3. The SMILES string of the molecule is Cc1ccc(-c2nnc(C(C)Sc3nc4cc(F)c(F)cc4[nH]3)o2)cc1. The molecule has 0 aliphatic heterocycles. The molecule has 2 aromatic heterocycles. The summed E-state index contributed by atoms with van der Waals surface area (Å²) in [6.07, 6.45) is 0. The van der Waals surface area contributed by atoms with Crippen molar-refractivity contribution in [2.24, 2.45) is 0 Å². The van der Waals surface area contributed by atoms with Crippen molar-refractivity contribution in [3.63, 3.8) is 0 Å². The topological polar surface area (TPSA) is 67.6 Å². The monoisotopic (exact) mass is 372 g/mol. The zero-order chi connectivity index (χ0) is 18.3. The van der Waals surface area contributed by atoms with Crippen LogP contribution in [0.15, 0.2) is 46.0 Å². The largest absolute Gasteiger partial charge is 0.419 e. The van der Waals surface area contributed by atoms with Crippen molar-refractivity contribution in [1.29, 1.82) is 0 Å². The van der Waals surface area contributed by atoms with E-state index in [1.54, 1.807) is 0 Å². The number of aryl methyl sites for hydroxylation is 1. The summed E-state index contributed by atoms with van der Waals surface area (Å²) >= 11 is 1.34. The van der Waals surface area contributed by atoms with Crippen LogP contribution in [0.1, 0.15) is 23.6 Å². The Labute approximate surface area is 151 Å². The molecule has 2 aromatic carbocycles. The van der Waals surface area contributed by atoms with Crippen molar-refractivity contribution in [3.8, 4) is 11.5 Å². The quantitative estimate of drug-likeness (QED) is 0.508. The lowest BCUT2D eigenvalue weighted by Crippen LogP contribution is -1.89. The smallest absolute Gasteiger partial charge is 0.247 e. The molecule has 0 aliphatic rings. The van der Waals surface area contributed by atoms with Crippen molar-refractivity contribution < 1.29 is 13.2 Å². The third-order valence-electron chi connectivity index (χ3n) is 3.88. The van der Waals surface area contributed by atoms with Crippen LogP contribution in [-0.2, 0) is 0 Å². The van der Waals surface area contributed by atoms with Crippen LogP contribution in [-0.4, -0.2) is 20.2 Å². The zero-order valence-corrected chi connectivity index (χ0v) is 14.8. The lowest BCUT2D eigenvalue weighted by atomic mass is 10.1. The number of imidazole rings is 1. The number of aromatic nitrogens is 4. The Balaban J connectivity index is 1.55. The minimum absolute atomic E-state index is 0.183. The first-order chi connectivity index (χ1) is 12.5. The molecule has 1 atom stereocenters. The van der Waals surface area contributed by atoms with Crippen molar-refractivity contribution in [2.75, 3.05) is 0 Å². The van der Waals surface area contributed by atoms with E-state index in [0.29, 0.717) is 28.0 Å². The summed E-state index contributed by atoms with van der Waals surface area (Å²) in [4.78, 5) is 7.23. The Morgan fingerprint density at radius 1 is 1.08 bits per heavy atom. The van der Waals surface area contributed by atoms with Gasteiger partial charge in [0.05, 0.1) is 16.3 Å². The maximum atomic E-state index is 13.3. The van der Waals surface area contributed by atoms with Gasteiger partial charge in [-0.25, -0.2) is 13.8 Å². The number of benzene rings is 2. The molecule has 1 unspecified atom stereocenters. The van der Waals surface area contributed by atoms with Gasteiger partial charge in [0.2, 0.25) is 11.8 Å². The standard InChI is InChI=1S/C18H14F2N4OS/c1-9-3-5-11(6-4-9)17-24-23-16(25-17)10(2)26-18-21-14-7-12(19)13(20)8-15(14)22-18/h3-8,10H,1-2H3,(H,21,22). The normalized spacial score (nSPS) is 12.6. The molecule has 0 spiro atoms. The van der Waals surface area contributed by atoms with Gasteiger partial charge in [-0.2, -0.15) is 0 Å². The van der Waals surface area contributed by atoms with Crippen LogP contribution in [0, 0.1) is 18.6 Å². The second-order valence-corrected chi connectivity index (χ2v) is 7.23. The molecule has 0 saturated carbocycles. The number of H-pyrrole nitrogens is 1. The summed E-state index contributed by atoms with van der Waals surface area (Å²) in [7, 11) is 0. The summed E-state index contributed by atoms with van der Waals surface area (Å²) in [5, 5.41) is 8.52. The number of hydrogen-bond acceptors (Lipinski definition) is 5. The molecular formula is C18H14F2N4OS. The van der Waals surface area contributed by atoms with Crippen molar-refractivity contribution in [1.82, 2.24) is 20.2 Å². The van der Waals surface area contributed by atoms with Gasteiger partial charge in [-0.05, 0) is 26.0 Å². The number of halogens is 2. The van der Waals surface area contributed by atoms with Gasteiger partial charge in [-0.15, -0.1) is 10.2 Å². The molecule has 0 saturated heterocycles. The molecule has 0 radical (unpaired) electrons. The van der Waals surface area contributed by atoms with Crippen molar-refractivity contribution in [2.45, 2.75) is 24.3 Å². The van der Waals surface area contributed by atoms with E-state index >= 15 is 0 Å². The number of thioether (sulfide) groups is 1. The molecule has 26 heavy (non-hydrogen) atoms. The first-order valence-electron chi connectivity index (χ1n) is 7.91. The second kappa shape index (κ2) is 6.53. The van der Waals surface area contributed by atoms with Crippen molar-refractivity contribution >= 4 is 22.8 Å². The van der Waals surface area contributed by atoms with Crippen LogP contribution in [0.2, 0.25) is 0 Å². The summed E-state index contributed by atoms with van der Waals surface area (Å²) in [6.45, 7) is 3.90. The summed E-state index contributed by atoms with van der Waals surface area (Å²) in [6, 6.07) is 9.96. The van der Waals surface area contributed by atoms with E-state index < -0.39 is 11.6 Å². The number of rotatable bonds is 4. The van der Waals surface area contributed by atoms with E-state index in [1.165, 1.54) is 11.8 Å². The highest BCUT2D eigenvalue weighted by atomic mass is 32.2. The van der Waals surface area contributed by atoms with Crippen LogP contribution < -0.4 is 0 Å². The zero-order valence-electron chi connectivity index (χ0n) is 14.0. The van der Waals surface area contributed by atoms with Crippen LogP contribution >= 0.6 is 11.8 Å². The molecule has 5 nitrogen and oxygen atoms in total. The van der Waals surface area contributed by atoms with Crippen LogP contribution in [0.4, 0.5) is 8.78 Å². The number of nitrogens with zero attached hydrogens (tertiary/aromatic N) is 3. The van der Waals surface area contributed by atoms with E-state index in [-0.39, 0.29) is 5.25 Å². The van der Waals surface area contributed by atoms with Crippen molar-refractivity contribution in [3.05, 3.63) is 59.5 Å². The lowest BCUT2D eigenvalue weighted by molar-refractivity contribution is 0.509. The Morgan fingerprint density at radius 3 is 2.58 bits per heavy atom. The molecule has 4 aromatic rings. The summed E-state index contributed by atoms with van der Waals surface area (Å²) < 4.78 is 32.4. The highest BCUT2D eigenvalue weighted by Crippen LogP contribution is 2.34. The molecular weight excluding hydrogens is 358 g/mol. The number of hydrogen-bond donors (Lipinski definition) is 1. The highest BCUT2D eigenvalue weighted by molar-refractivity contribution is 7.99. The van der Waals surface area contributed by atoms with Gasteiger partial charge in [0.25, 0.3) is 0 Å². The average molecular weight is 372 g/mol. The van der Waals surface area contributed by atoms with E-state index in [1.807, 2.05) is 38.1 Å². The lowest BCUT2D eigenvalue weighted by Gasteiger charge is -2.03. The average Bonchev–Trinajstić information content (AvgIpc) is 3.23. The van der Waals surface area contributed by atoms with Gasteiger partial charge in [0, 0.05) is 17.7 Å². The molecule has 8 heteroatoms. The van der Waals surface area contributed by atoms with Gasteiger partial charge in [-0.3, -0.25) is 0 Å². The number of aromatic amines is 1. The Kier molecular flexibility index (Phi) is 4.20. The fourth-order valence-corrected chi connectivity index (χ4v) is 3.32. The molecule has 132 valence electrons. The molecule has 0 aliphatic carbocycles. The fourth-order valence-electron chi connectivity index (χ4n) is 2.47. The fraction of sp³-hybridized carbons (Fsp3) is 0.167. The van der Waals surface area contributed by atoms with Gasteiger partial charge in [-0.1, -0.05) is 29.5 Å². The summed E-state index contributed by atoms with van der Waals surface area (Å²) in [5.41, 5.74) is 2.80. The Bertz CT molecular complexity index is 1040. The third-order valence-corrected chi connectivity index (χ3v) is 4.85. The molecule has 0 amide bonds. The highest BCUT2D eigenvalue weighted by Gasteiger charge is 2.18. The minimum Gasteiger partial charge on any atom is -0.419 e. The van der Waals surface area contributed by atoms with E-state index in [2.05, 4.69) is 20.2 Å². The first kappa shape index (κ1) is 16.7. The van der Waals surface area contributed by atoms with Gasteiger partial charge < -0.3 is 9.40 Å². The van der Waals surface area contributed by atoms with E-state index in [4.69, 9.17) is 4.42 Å². The molecule has 0 bridgehead atoms. The minimum atomic E-state index is -0.923. The predicted molar refractivity (Wildman–Crippen MR) is 94.8 cm³/mol. The van der Waals surface area contributed by atoms with Crippen LogP contribution in [0.25, 0.3) is 22.5 Å². The predicted octanol–water partition coefficient (Wildman–Crippen LogP) is 5.05. The Hall–Kier alpha value is -2.74. The third kappa shape index (κ3) is 3.20. The van der Waals surface area contributed by atoms with Gasteiger partial charge in [0.1, 0.15) is 0 Å².